The first-order valence-electron chi connectivity index (χ1n) is 4.29. The van der Waals surface area contributed by atoms with E-state index in [0.29, 0.717) is 13.0 Å². The van der Waals surface area contributed by atoms with Gasteiger partial charge < -0.3 is 9.84 Å². The molecule has 0 fully saturated rings. The fraction of sp³-hybridized carbons (Fsp3) is 0.400. The number of hydrogen-bond acceptors (Lipinski definition) is 2. The van der Waals surface area contributed by atoms with Crippen LogP contribution in [0.3, 0.4) is 0 Å². The highest BCUT2D eigenvalue weighted by Crippen LogP contribution is 2.36. The number of ether oxygens (including phenoxy) is 1. The maximum atomic E-state index is 9.71. The summed E-state index contributed by atoms with van der Waals surface area (Å²) in [6.07, 6.45) is 0.308. The number of hydrogen-bond donors (Lipinski definition) is 1. The van der Waals surface area contributed by atoms with E-state index in [-0.39, 0.29) is 6.10 Å². The molecule has 0 saturated heterocycles. The minimum Gasteiger partial charge on any atom is -0.493 e. The molecule has 1 aliphatic rings. The Balaban J connectivity index is 2.56. The van der Waals surface area contributed by atoms with E-state index in [9.17, 15) is 5.11 Å². The fourth-order valence-corrected chi connectivity index (χ4v) is 2.22. The third kappa shape index (κ3) is 1.58. The topological polar surface area (TPSA) is 29.5 Å². The van der Waals surface area contributed by atoms with Gasteiger partial charge >= 0.3 is 0 Å². The summed E-state index contributed by atoms with van der Waals surface area (Å²) in [6.45, 7) is 2.60. The van der Waals surface area contributed by atoms with Gasteiger partial charge in [-0.2, -0.15) is 0 Å². The second-order valence-corrected chi connectivity index (χ2v) is 4.21. The van der Waals surface area contributed by atoms with Crippen molar-refractivity contribution in [1.29, 1.82) is 0 Å². The molecule has 0 radical (unpaired) electrons. The molecule has 1 aliphatic heterocycles. The van der Waals surface area contributed by atoms with Crippen LogP contribution in [0.4, 0.5) is 0 Å². The first-order valence-corrected chi connectivity index (χ1v) is 5.08. The average molecular weight is 243 g/mol. The van der Waals surface area contributed by atoms with Crippen LogP contribution in [0.5, 0.6) is 5.75 Å². The van der Waals surface area contributed by atoms with Gasteiger partial charge in [-0.3, -0.25) is 0 Å². The molecule has 1 N–H and O–H groups in total. The lowest BCUT2D eigenvalue weighted by molar-refractivity contribution is 0.115. The van der Waals surface area contributed by atoms with E-state index in [1.54, 1.807) is 0 Å². The predicted molar refractivity (Wildman–Crippen MR) is 54.0 cm³/mol. The molecule has 1 aromatic rings. The van der Waals surface area contributed by atoms with E-state index in [4.69, 9.17) is 4.74 Å². The molecule has 0 amide bonds. The second-order valence-electron chi connectivity index (χ2n) is 3.29. The van der Waals surface area contributed by atoms with E-state index < -0.39 is 0 Å². The lowest BCUT2D eigenvalue weighted by Crippen LogP contribution is -2.14. The van der Waals surface area contributed by atoms with E-state index in [0.717, 1.165) is 21.3 Å². The van der Waals surface area contributed by atoms with Gasteiger partial charge in [-0.25, -0.2) is 0 Å². The minimum atomic E-state index is -0.375. The number of benzene rings is 1. The molecular formula is C10H11BrO2. The SMILES string of the molecule is Cc1cc(Br)cc2c1OCCC2O. The molecule has 1 atom stereocenters. The summed E-state index contributed by atoms with van der Waals surface area (Å²) in [5.74, 6) is 0.849. The van der Waals surface area contributed by atoms with Crippen LogP contribution in [0.1, 0.15) is 23.7 Å². The molecule has 1 unspecified atom stereocenters. The molecule has 0 aliphatic carbocycles. The Morgan fingerprint density at radius 1 is 1.54 bits per heavy atom. The quantitative estimate of drug-likeness (QED) is 0.758. The Morgan fingerprint density at radius 2 is 2.31 bits per heavy atom. The molecule has 0 spiro atoms. The predicted octanol–water partition coefficient (Wildman–Crippen LogP) is 2.57. The van der Waals surface area contributed by atoms with Crippen molar-refractivity contribution in [2.75, 3.05) is 6.61 Å². The van der Waals surface area contributed by atoms with Crippen LogP contribution in [0.2, 0.25) is 0 Å². The molecule has 0 saturated carbocycles. The smallest absolute Gasteiger partial charge is 0.128 e. The zero-order valence-electron chi connectivity index (χ0n) is 7.38. The summed E-state index contributed by atoms with van der Waals surface area (Å²) in [5, 5.41) is 9.71. The van der Waals surface area contributed by atoms with Crippen molar-refractivity contribution in [3.8, 4) is 5.75 Å². The molecule has 2 nitrogen and oxygen atoms in total. The Labute approximate surface area is 85.7 Å². The van der Waals surface area contributed by atoms with Gasteiger partial charge in [0.1, 0.15) is 5.75 Å². The van der Waals surface area contributed by atoms with Crippen molar-refractivity contribution >= 4 is 15.9 Å². The fourth-order valence-electron chi connectivity index (χ4n) is 1.63. The van der Waals surface area contributed by atoms with Gasteiger partial charge in [0.25, 0.3) is 0 Å². The molecule has 0 bridgehead atoms. The van der Waals surface area contributed by atoms with Crippen LogP contribution in [0.25, 0.3) is 0 Å². The molecule has 13 heavy (non-hydrogen) atoms. The first-order chi connectivity index (χ1) is 6.18. The van der Waals surface area contributed by atoms with E-state index >= 15 is 0 Å². The van der Waals surface area contributed by atoms with Crippen LogP contribution in [0, 0.1) is 6.92 Å². The molecule has 3 heteroatoms. The zero-order valence-corrected chi connectivity index (χ0v) is 8.97. The Morgan fingerprint density at radius 3 is 3.08 bits per heavy atom. The number of aliphatic hydroxyl groups excluding tert-OH is 1. The Kier molecular flexibility index (Phi) is 2.30. The molecule has 1 aromatic carbocycles. The van der Waals surface area contributed by atoms with Crippen molar-refractivity contribution in [3.63, 3.8) is 0 Å². The van der Waals surface area contributed by atoms with Gasteiger partial charge in [0, 0.05) is 16.5 Å². The monoisotopic (exact) mass is 242 g/mol. The number of halogens is 1. The lowest BCUT2D eigenvalue weighted by Gasteiger charge is -2.23. The van der Waals surface area contributed by atoms with Gasteiger partial charge in [-0.15, -0.1) is 0 Å². The summed E-state index contributed by atoms with van der Waals surface area (Å²) in [7, 11) is 0. The van der Waals surface area contributed by atoms with Crippen LogP contribution >= 0.6 is 15.9 Å². The van der Waals surface area contributed by atoms with Crippen LogP contribution < -0.4 is 4.74 Å². The largest absolute Gasteiger partial charge is 0.493 e. The normalized spacial score (nSPS) is 20.7. The molecule has 1 heterocycles. The molecule has 70 valence electrons. The highest BCUT2D eigenvalue weighted by Gasteiger charge is 2.20. The number of fused-ring (bicyclic) bond motifs is 1. The van der Waals surface area contributed by atoms with Crippen LogP contribution in [-0.2, 0) is 0 Å². The number of aliphatic hydroxyl groups is 1. The lowest BCUT2D eigenvalue weighted by atomic mass is 10.0. The number of rotatable bonds is 0. The highest BCUT2D eigenvalue weighted by atomic mass is 79.9. The average Bonchev–Trinajstić information content (AvgIpc) is 2.07. The maximum Gasteiger partial charge on any atom is 0.128 e. The van der Waals surface area contributed by atoms with E-state index in [2.05, 4.69) is 15.9 Å². The Hall–Kier alpha value is -0.540. The van der Waals surface area contributed by atoms with Crippen molar-refractivity contribution in [3.05, 3.63) is 27.7 Å². The summed E-state index contributed by atoms with van der Waals surface area (Å²) in [6, 6.07) is 3.92. The van der Waals surface area contributed by atoms with Crippen molar-refractivity contribution in [2.45, 2.75) is 19.4 Å². The van der Waals surface area contributed by atoms with E-state index in [1.807, 2.05) is 19.1 Å². The van der Waals surface area contributed by atoms with Gasteiger partial charge in [0.15, 0.2) is 0 Å². The van der Waals surface area contributed by atoms with Crippen molar-refractivity contribution < 1.29 is 9.84 Å². The third-order valence-corrected chi connectivity index (χ3v) is 2.72. The van der Waals surface area contributed by atoms with Gasteiger partial charge in [-0.1, -0.05) is 15.9 Å². The van der Waals surface area contributed by atoms with Crippen molar-refractivity contribution in [2.24, 2.45) is 0 Å². The summed E-state index contributed by atoms with van der Waals surface area (Å²) < 4.78 is 6.49. The summed E-state index contributed by atoms with van der Waals surface area (Å²) in [4.78, 5) is 0. The first kappa shape index (κ1) is 9.03. The highest BCUT2D eigenvalue weighted by molar-refractivity contribution is 9.10. The third-order valence-electron chi connectivity index (χ3n) is 2.26. The van der Waals surface area contributed by atoms with E-state index in [1.165, 1.54) is 0 Å². The summed E-state index contributed by atoms with van der Waals surface area (Å²) >= 11 is 3.40. The molecule has 2 rings (SSSR count). The maximum absolute atomic E-state index is 9.71. The Bertz CT molecular complexity index is 336. The van der Waals surface area contributed by atoms with Gasteiger partial charge in [-0.05, 0) is 24.6 Å². The standard InChI is InChI=1S/C10H11BrO2/c1-6-4-7(11)5-8-9(12)2-3-13-10(6)8/h4-5,9,12H,2-3H2,1H3. The van der Waals surface area contributed by atoms with Crippen molar-refractivity contribution in [1.82, 2.24) is 0 Å². The zero-order chi connectivity index (χ0) is 9.42. The van der Waals surface area contributed by atoms with Gasteiger partial charge in [0.05, 0.1) is 12.7 Å². The summed E-state index contributed by atoms with van der Waals surface area (Å²) in [5.41, 5.74) is 1.97. The number of aryl methyl sites for hydroxylation is 1. The molecule has 0 aromatic heterocycles. The second kappa shape index (κ2) is 3.31. The van der Waals surface area contributed by atoms with Gasteiger partial charge in [0.2, 0.25) is 0 Å². The van der Waals surface area contributed by atoms with Crippen LogP contribution in [0.15, 0.2) is 16.6 Å². The minimum absolute atomic E-state index is 0.375. The van der Waals surface area contributed by atoms with Crippen LogP contribution in [-0.4, -0.2) is 11.7 Å². The molecular weight excluding hydrogens is 232 g/mol.